The third kappa shape index (κ3) is 4.23. The molecule has 126 valence electrons. The number of hydrogen-bond donors (Lipinski definition) is 0. The van der Waals surface area contributed by atoms with Gasteiger partial charge in [-0.2, -0.15) is 0 Å². The fourth-order valence-electron chi connectivity index (χ4n) is 3.10. The van der Waals surface area contributed by atoms with Gasteiger partial charge in [-0.3, -0.25) is 0 Å². The first-order valence-electron chi connectivity index (χ1n) is 8.10. The minimum Gasteiger partial charge on any atom is -0.744 e. The van der Waals surface area contributed by atoms with Gasteiger partial charge in [0.1, 0.15) is 10.1 Å². The van der Waals surface area contributed by atoms with Crippen molar-refractivity contribution >= 4 is 20.9 Å². The zero-order valence-corrected chi connectivity index (χ0v) is 18.5. The van der Waals surface area contributed by atoms with E-state index in [1.807, 2.05) is 39.8 Å². The van der Waals surface area contributed by atoms with Crippen molar-refractivity contribution in [1.82, 2.24) is 0 Å². The van der Waals surface area contributed by atoms with Crippen LogP contribution in [-0.2, 0) is 10.1 Å². The van der Waals surface area contributed by atoms with Crippen LogP contribution in [0.3, 0.4) is 0 Å². The molecule has 0 heterocycles. The van der Waals surface area contributed by atoms with Crippen LogP contribution in [0.15, 0.2) is 29.2 Å². The zero-order valence-electron chi connectivity index (χ0n) is 15.7. The Morgan fingerprint density at radius 1 is 0.833 bits per heavy atom. The first-order chi connectivity index (χ1) is 10.5. The number of fused-ring (bicyclic) bond motifs is 1. The Bertz CT molecular complexity index is 837. The normalized spacial score (nSPS) is 12.2. The van der Waals surface area contributed by atoms with Crippen molar-refractivity contribution in [1.29, 1.82) is 0 Å². The van der Waals surface area contributed by atoms with E-state index >= 15 is 0 Å². The van der Waals surface area contributed by atoms with Gasteiger partial charge in [-0.25, -0.2) is 8.42 Å². The predicted molar refractivity (Wildman–Crippen MR) is 94.2 cm³/mol. The summed E-state index contributed by atoms with van der Waals surface area (Å²) in [6.45, 7) is 12.2. The monoisotopic (exact) mass is 356 g/mol. The maximum atomic E-state index is 11.8. The maximum absolute atomic E-state index is 11.8. The largest absolute Gasteiger partial charge is 1.00 e. The molecular formula is C19H25NaO3S. The Hall–Kier alpha value is -0.390. The molecule has 0 unspecified atom stereocenters. The second kappa shape index (κ2) is 7.88. The number of benzene rings is 2. The summed E-state index contributed by atoms with van der Waals surface area (Å²) in [7, 11) is -4.50. The second-order valence-corrected chi connectivity index (χ2v) is 8.45. The van der Waals surface area contributed by atoms with Crippen molar-refractivity contribution < 1.29 is 42.5 Å². The fraction of sp³-hybridized carbons (Fsp3) is 0.474. The molecule has 0 atom stereocenters. The molecule has 0 aliphatic rings. The van der Waals surface area contributed by atoms with Crippen LogP contribution in [0.4, 0.5) is 0 Å². The van der Waals surface area contributed by atoms with Crippen molar-refractivity contribution in [3.05, 3.63) is 41.0 Å². The molecular weight excluding hydrogens is 331 g/mol. The molecule has 0 saturated heterocycles. The van der Waals surface area contributed by atoms with Crippen LogP contribution in [-0.4, -0.2) is 13.0 Å². The zero-order chi connectivity index (χ0) is 17.5. The summed E-state index contributed by atoms with van der Waals surface area (Å²) in [5, 5.41) is 1.94. The van der Waals surface area contributed by atoms with Gasteiger partial charge in [-0.15, -0.1) is 0 Å². The Morgan fingerprint density at radius 3 is 1.83 bits per heavy atom. The van der Waals surface area contributed by atoms with Gasteiger partial charge in [0.05, 0.1) is 4.90 Å². The molecule has 0 aromatic heterocycles. The molecule has 2 aromatic carbocycles. The van der Waals surface area contributed by atoms with Gasteiger partial charge in [-0.05, 0) is 51.3 Å². The minimum absolute atomic E-state index is 0. The van der Waals surface area contributed by atoms with Crippen LogP contribution in [0.1, 0.15) is 76.0 Å². The van der Waals surface area contributed by atoms with E-state index in [9.17, 15) is 13.0 Å². The second-order valence-electron chi connectivity index (χ2n) is 7.10. The summed E-state index contributed by atoms with van der Waals surface area (Å²) >= 11 is 0. The van der Waals surface area contributed by atoms with Crippen molar-refractivity contribution in [2.45, 2.75) is 64.2 Å². The van der Waals surface area contributed by atoms with Crippen LogP contribution in [0, 0.1) is 0 Å². The van der Waals surface area contributed by atoms with Crippen LogP contribution in [0.25, 0.3) is 10.8 Å². The fourth-order valence-corrected chi connectivity index (χ4v) is 3.99. The molecule has 0 aliphatic heterocycles. The van der Waals surface area contributed by atoms with E-state index in [2.05, 4.69) is 19.9 Å². The third-order valence-electron chi connectivity index (χ3n) is 4.33. The van der Waals surface area contributed by atoms with Crippen molar-refractivity contribution in [3.63, 3.8) is 0 Å². The predicted octanol–water partition coefficient (Wildman–Crippen LogP) is 2.12. The van der Waals surface area contributed by atoms with E-state index in [0.717, 1.165) is 16.3 Å². The Kier molecular flexibility index (Phi) is 7.11. The maximum Gasteiger partial charge on any atom is 1.00 e. The summed E-state index contributed by atoms with van der Waals surface area (Å²) in [6.07, 6.45) is 0. The SMILES string of the molecule is CC(C)c1ccc2c(C(C)C)c(S(=O)(=O)[O-])cc(C(C)C)c2c1.[Na+]. The van der Waals surface area contributed by atoms with Crippen molar-refractivity contribution in [3.8, 4) is 0 Å². The molecule has 2 aromatic rings. The van der Waals surface area contributed by atoms with Crippen LogP contribution in [0.2, 0.25) is 0 Å². The summed E-state index contributed by atoms with van der Waals surface area (Å²) in [6, 6.07) is 7.74. The van der Waals surface area contributed by atoms with Crippen molar-refractivity contribution in [2.24, 2.45) is 0 Å². The molecule has 0 aliphatic carbocycles. The van der Waals surface area contributed by atoms with Crippen LogP contribution in [0.5, 0.6) is 0 Å². The Balaban J connectivity index is 0.00000288. The Labute approximate surface area is 167 Å². The summed E-state index contributed by atoms with van der Waals surface area (Å²) in [5.41, 5.74) is 2.77. The quantitative estimate of drug-likeness (QED) is 0.623. The smallest absolute Gasteiger partial charge is 0.744 e. The van der Waals surface area contributed by atoms with Gasteiger partial charge in [0.2, 0.25) is 0 Å². The van der Waals surface area contributed by atoms with E-state index in [1.54, 1.807) is 6.07 Å². The minimum atomic E-state index is -4.50. The van der Waals surface area contributed by atoms with Crippen LogP contribution < -0.4 is 29.6 Å². The average Bonchev–Trinajstić information content (AvgIpc) is 2.43. The number of rotatable bonds is 4. The molecule has 3 nitrogen and oxygen atoms in total. The van der Waals surface area contributed by atoms with E-state index < -0.39 is 10.1 Å². The molecule has 0 N–H and O–H groups in total. The first kappa shape index (κ1) is 21.7. The topological polar surface area (TPSA) is 57.2 Å². The van der Waals surface area contributed by atoms with E-state index in [4.69, 9.17) is 0 Å². The molecule has 0 bridgehead atoms. The molecule has 24 heavy (non-hydrogen) atoms. The van der Waals surface area contributed by atoms with Crippen molar-refractivity contribution in [2.75, 3.05) is 0 Å². The van der Waals surface area contributed by atoms with Gasteiger partial charge >= 0.3 is 29.6 Å². The van der Waals surface area contributed by atoms with Gasteiger partial charge in [0.25, 0.3) is 0 Å². The Morgan fingerprint density at radius 2 is 1.42 bits per heavy atom. The standard InChI is InChI=1S/C19H26O3S.Na/c1-11(2)14-7-8-15-17(9-14)16(12(3)4)10-18(23(20,21)22)19(15)13(5)6;/h7-13H,1-6H3,(H,20,21,22);/q;+1/p-1. The summed E-state index contributed by atoms with van der Waals surface area (Å²) in [4.78, 5) is -0.0685. The van der Waals surface area contributed by atoms with E-state index in [-0.39, 0.29) is 46.3 Å². The average molecular weight is 356 g/mol. The molecule has 0 radical (unpaired) electrons. The van der Waals surface area contributed by atoms with E-state index in [0.29, 0.717) is 11.5 Å². The van der Waals surface area contributed by atoms with Crippen LogP contribution >= 0.6 is 0 Å². The molecule has 0 fully saturated rings. The van der Waals surface area contributed by atoms with Gasteiger partial charge in [0, 0.05) is 0 Å². The van der Waals surface area contributed by atoms with Gasteiger partial charge < -0.3 is 4.55 Å². The molecule has 2 rings (SSSR count). The van der Waals surface area contributed by atoms with Gasteiger partial charge in [-0.1, -0.05) is 59.7 Å². The van der Waals surface area contributed by atoms with Gasteiger partial charge in [0.15, 0.2) is 0 Å². The molecule has 0 amide bonds. The molecule has 0 saturated carbocycles. The summed E-state index contributed by atoms with van der Waals surface area (Å²) in [5.74, 6) is 0.494. The summed E-state index contributed by atoms with van der Waals surface area (Å²) < 4.78 is 35.4. The first-order valence-corrected chi connectivity index (χ1v) is 9.51. The molecule has 0 spiro atoms. The van der Waals surface area contributed by atoms with E-state index in [1.165, 1.54) is 5.56 Å². The number of hydrogen-bond acceptors (Lipinski definition) is 3. The molecule has 5 heteroatoms. The third-order valence-corrected chi connectivity index (χ3v) is 5.21.